The lowest BCUT2D eigenvalue weighted by Gasteiger charge is -2.09. The molecule has 0 bridgehead atoms. The van der Waals surface area contributed by atoms with E-state index < -0.39 is 5.97 Å². The summed E-state index contributed by atoms with van der Waals surface area (Å²) in [5.41, 5.74) is 1.61. The van der Waals surface area contributed by atoms with E-state index in [9.17, 15) is 9.59 Å². The number of hydrogen-bond acceptors (Lipinski definition) is 3. The third-order valence-electron chi connectivity index (χ3n) is 3.35. The summed E-state index contributed by atoms with van der Waals surface area (Å²) >= 11 is 0. The topological polar surface area (TPSA) is 75.6 Å². The molecule has 2 aromatic carbocycles. The average Bonchev–Trinajstić information content (AvgIpc) is 2.58. The van der Waals surface area contributed by atoms with Crippen molar-refractivity contribution in [2.45, 2.75) is 20.4 Å². The van der Waals surface area contributed by atoms with Gasteiger partial charge < -0.3 is 15.2 Å². The lowest BCUT2D eigenvalue weighted by Crippen LogP contribution is -2.22. The second kappa shape index (κ2) is 8.15. The number of carbonyl (C=O) groups excluding carboxylic acids is 1. The molecular weight excluding hydrogens is 306 g/mol. The third kappa shape index (κ3) is 5.12. The molecule has 0 heterocycles. The molecule has 0 aliphatic rings. The predicted octanol–water partition coefficient (Wildman–Crippen LogP) is 3.35. The highest BCUT2D eigenvalue weighted by Gasteiger charge is 2.07. The van der Waals surface area contributed by atoms with E-state index in [1.165, 1.54) is 12.1 Å². The van der Waals surface area contributed by atoms with Crippen LogP contribution in [0.15, 0.2) is 48.5 Å². The van der Waals surface area contributed by atoms with Crippen molar-refractivity contribution < 1.29 is 19.4 Å². The largest absolute Gasteiger partial charge is 0.493 e. The molecular formula is C19H21NO4. The number of aromatic carboxylic acids is 1. The maximum absolute atomic E-state index is 12.1. The number of benzene rings is 2. The molecule has 0 fully saturated rings. The Morgan fingerprint density at radius 3 is 2.12 bits per heavy atom. The molecule has 0 unspecified atom stereocenters. The Bertz CT molecular complexity index is 690. The zero-order chi connectivity index (χ0) is 17.5. The van der Waals surface area contributed by atoms with Crippen molar-refractivity contribution in [3.05, 3.63) is 65.2 Å². The van der Waals surface area contributed by atoms with Crippen LogP contribution >= 0.6 is 0 Å². The zero-order valence-electron chi connectivity index (χ0n) is 13.8. The van der Waals surface area contributed by atoms with E-state index in [2.05, 4.69) is 19.2 Å². The minimum Gasteiger partial charge on any atom is -0.493 e. The normalized spacial score (nSPS) is 10.5. The highest BCUT2D eigenvalue weighted by Crippen LogP contribution is 2.13. The van der Waals surface area contributed by atoms with Gasteiger partial charge in [0.25, 0.3) is 5.91 Å². The van der Waals surface area contributed by atoms with Crippen molar-refractivity contribution >= 4 is 11.9 Å². The molecule has 24 heavy (non-hydrogen) atoms. The molecule has 2 aromatic rings. The number of amides is 1. The first kappa shape index (κ1) is 17.5. The zero-order valence-corrected chi connectivity index (χ0v) is 13.8. The van der Waals surface area contributed by atoms with E-state index >= 15 is 0 Å². The summed E-state index contributed by atoms with van der Waals surface area (Å²) in [4.78, 5) is 22.9. The quantitative estimate of drug-likeness (QED) is 0.818. The molecule has 0 radical (unpaired) electrons. The molecule has 0 aromatic heterocycles. The van der Waals surface area contributed by atoms with Gasteiger partial charge in [-0.3, -0.25) is 4.79 Å². The van der Waals surface area contributed by atoms with E-state index in [0.29, 0.717) is 24.6 Å². The SMILES string of the molecule is CC(C)COc1ccc(C(=O)NCc2ccc(C(=O)O)cc2)cc1. The lowest BCUT2D eigenvalue weighted by atomic mass is 10.1. The smallest absolute Gasteiger partial charge is 0.335 e. The maximum Gasteiger partial charge on any atom is 0.335 e. The monoisotopic (exact) mass is 327 g/mol. The Labute approximate surface area is 141 Å². The standard InChI is InChI=1S/C19H21NO4/c1-13(2)12-24-17-9-7-15(8-10-17)18(21)20-11-14-3-5-16(6-4-14)19(22)23/h3-10,13H,11-12H2,1-2H3,(H,20,21)(H,22,23). The third-order valence-corrected chi connectivity index (χ3v) is 3.35. The van der Waals surface area contributed by atoms with Gasteiger partial charge in [0.2, 0.25) is 0 Å². The van der Waals surface area contributed by atoms with Crippen molar-refractivity contribution in [3.8, 4) is 5.75 Å². The van der Waals surface area contributed by atoms with Gasteiger partial charge in [-0.05, 0) is 47.9 Å². The van der Waals surface area contributed by atoms with Gasteiger partial charge in [0, 0.05) is 12.1 Å². The second-order valence-corrected chi connectivity index (χ2v) is 5.91. The van der Waals surface area contributed by atoms with Crippen LogP contribution in [0.25, 0.3) is 0 Å². The molecule has 0 atom stereocenters. The molecule has 0 saturated carbocycles. The fourth-order valence-corrected chi connectivity index (χ4v) is 2.02. The number of ether oxygens (including phenoxy) is 1. The summed E-state index contributed by atoms with van der Waals surface area (Å²) < 4.78 is 5.58. The molecule has 0 aliphatic carbocycles. The van der Waals surface area contributed by atoms with Crippen molar-refractivity contribution in [1.29, 1.82) is 0 Å². The molecule has 2 rings (SSSR count). The first-order chi connectivity index (χ1) is 11.5. The molecule has 5 nitrogen and oxygen atoms in total. The number of nitrogens with one attached hydrogen (secondary N) is 1. The Kier molecular flexibility index (Phi) is 5.95. The highest BCUT2D eigenvalue weighted by atomic mass is 16.5. The number of carboxylic acids is 1. The van der Waals surface area contributed by atoms with Crippen LogP contribution in [0.4, 0.5) is 0 Å². The van der Waals surface area contributed by atoms with Crippen LogP contribution in [0.3, 0.4) is 0 Å². The van der Waals surface area contributed by atoms with Crippen LogP contribution in [0.5, 0.6) is 5.75 Å². The summed E-state index contributed by atoms with van der Waals surface area (Å²) in [6, 6.07) is 13.4. The van der Waals surface area contributed by atoms with Crippen LogP contribution in [-0.4, -0.2) is 23.6 Å². The average molecular weight is 327 g/mol. The molecule has 0 aliphatic heterocycles. The molecule has 0 spiro atoms. The van der Waals surface area contributed by atoms with Crippen molar-refractivity contribution in [1.82, 2.24) is 5.32 Å². The number of carboxylic acid groups (broad SMARTS) is 1. The fraction of sp³-hybridized carbons (Fsp3) is 0.263. The van der Waals surface area contributed by atoms with Crippen LogP contribution in [0.1, 0.15) is 40.1 Å². The van der Waals surface area contributed by atoms with Gasteiger partial charge in [-0.1, -0.05) is 26.0 Å². The van der Waals surface area contributed by atoms with E-state index in [0.717, 1.165) is 11.3 Å². The van der Waals surface area contributed by atoms with E-state index in [4.69, 9.17) is 9.84 Å². The lowest BCUT2D eigenvalue weighted by molar-refractivity contribution is 0.0696. The summed E-state index contributed by atoms with van der Waals surface area (Å²) in [5, 5.41) is 11.7. The van der Waals surface area contributed by atoms with Gasteiger partial charge in [0.05, 0.1) is 12.2 Å². The highest BCUT2D eigenvalue weighted by molar-refractivity contribution is 5.94. The van der Waals surface area contributed by atoms with Gasteiger partial charge in [-0.2, -0.15) is 0 Å². The summed E-state index contributed by atoms with van der Waals surface area (Å²) in [6.45, 7) is 5.12. The van der Waals surface area contributed by atoms with E-state index in [-0.39, 0.29) is 11.5 Å². The summed E-state index contributed by atoms with van der Waals surface area (Å²) in [6.07, 6.45) is 0. The second-order valence-electron chi connectivity index (χ2n) is 5.91. The van der Waals surface area contributed by atoms with Gasteiger partial charge >= 0.3 is 5.97 Å². The van der Waals surface area contributed by atoms with Gasteiger partial charge in [-0.15, -0.1) is 0 Å². The Morgan fingerprint density at radius 2 is 1.58 bits per heavy atom. The molecule has 2 N–H and O–H groups in total. The Hall–Kier alpha value is -2.82. The van der Waals surface area contributed by atoms with Gasteiger partial charge in [0.1, 0.15) is 5.75 Å². The van der Waals surface area contributed by atoms with Gasteiger partial charge in [0.15, 0.2) is 0 Å². The van der Waals surface area contributed by atoms with E-state index in [1.807, 2.05) is 0 Å². The van der Waals surface area contributed by atoms with E-state index in [1.54, 1.807) is 36.4 Å². The van der Waals surface area contributed by atoms with Crippen molar-refractivity contribution in [3.63, 3.8) is 0 Å². The first-order valence-electron chi connectivity index (χ1n) is 7.79. The van der Waals surface area contributed by atoms with Crippen LogP contribution < -0.4 is 10.1 Å². The number of hydrogen-bond donors (Lipinski definition) is 2. The summed E-state index contributed by atoms with van der Waals surface area (Å²) in [5.74, 6) is 0.0306. The Balaban J connectivity index is 1.88. The maximum atomic E-state index is 12.1. The molecule has 0 saturated heterocycles. The summed E-state index contributed by atoms with van der Waals surface area (Å²) in [7, 11) is 0. The fourth-order valence-electron chi connectivity index (χ4n) is 2.02. The minimum absolute atomic E-state index is 0.187. The van der Waals surface area contributed by atoms with Crippen molar-refractivity contribution in [2.75, 3.05) is 6.61 Å². The van der Waals surface area contributed by atoms with Crippen LogP contribution in [0, 0.1) is 5.92 Å². The predicted molar refractivity (Wildman–Crippen MR) is 91.3 cm³/mol. The minimum atomic E-state index is -0.967. The number of rotatable bonds is 7. The van der Waals surface area contributed by atoms with Gasteiger partial charge in [-0.25, -0.2) is 4.79 Å². The Morgan fingerprint density at radius 1 is 1.00 bits per heavy atom. The molecule has 5 heteroatoms. The molecule has 1 amide bonds. The van der Waals surface area contributed by atoms with Crippen LogP contribution in [0.2, 0.25) is 0 Å². The number of carbonyl (C=O) groups is 2. The van der Waals surface area contributed by atoms with Crippen LogP contribution in [-0.2, 0) is 6.54 Å². The molecule has 126 valence electrons. The first-order valence-corrected chi connectivity index (χ1v) is 7.79. The van der Waals surface area contributed by atoms with Crippen molar-refractivity contribution in [2.24, 2.45) is 5.92 Å².